The van der Waals surface area contributed by atoms with Crippen LogP contribution in [0.2, 0.25) is 0 Å². The predicted octanol–water partition coefficient (Wildman–Crippen LogP) is 5.06. The van der Waals surface area contributed by atoms with Gasteiger partial charge in [-0.2, -0.15) is 0 Å². The molecule has 0 aromatic heterocycles. The van der Waals surface area contributed by atoms with Crippen LogP contribution >= 0.6 is 15.9 Å². The number of benzene rings is 2. The van der Waals surface area contributed by atoms with E-state index in [0.717, 1.165) is 21.3 Å². The second-order valence-corrected chi connectivity index (χ2v) is 7.16. The average Bonchev–Trinajstić information content (AvgIpc) is 2.56. The van der Waals surface area contributed by atoms with E-state index in [0.29, 0.717) is 5.56 Å². The molecule has 0 heterocycles. The van der Waals surface area contributed by atoms with Gasteiger partial charge in [-0.05, 0) is 49.1 Å². The van der Waals surface area contributed by atoms with Crippen molar-refractivity contribution in [2.24, 2.45) is 0 Å². The van der Waals surface area contributed by atoms with Gasteiger partial charge in [0.05, 0.1) is 5.56 Å². The standard InChI is InChI=1S/C20H22BrNO3/c1-12(2)17-10-5-7-13(3)18(17)22-19(23)14(4)25-20(24)15-8-6-9-16(21)11-15/h5-12,14H,1-4H3,(H,22,23)/t14-/m0/s1. The van der Waals surface area contributed by atoms with Gasteiger partial charge in [-0.1, -0.05) is 54.0 Å². The summed E-state index contributed by atoms with van der Waals surface area (Å²) >= 11 is 3.31. The number of halogens is 1. The summed E-state index contributed by atoms with van der Waals surface area (Å²) in [6, 6.07) is 12.8. The van der Waals surface area contributed by atoms with E-state index in [2.05, 4.69) is 35.1 Å². The summed E-state index contributed by atoms with van der Waals surface area (Å²) in [5.41, 5.74) is 3.21. The van der Waals surface area contributed by atoms with Crippen molar-refractivity contribution < 1.29 is 14.3 Å². The number of esters is 1. The fourth-order valence-electron chi connectivity index (χ4n) is 2.46. The van der Waals surface area contributed by atoms with E-state index in [-0.39, 0.29) is 11.8 Å². The summed E-state index contributed by atoms with van der Waals surface area (Å²) < 4.78 is 6.07. The van der Waals surface area contributed by atoms with E-state index in [9.17, 15) is 9.59 Å². The molecule has 2 aromatic rings. The van der Waals surface area contributed by atoms with E-state index in [1.54, 1.807) is 25.1 Å². The van der Waals surface area contributed by atoms with Crippen LogP contribution in [0.4, 0.5) is 5.69 Å². The van der Waals surface area contributed by atoms with Crippen LogP contribution in [0.1, 0.15) is 48.2 Å². The third-order valence-corrected chi connectivity index (χ3v) is 4.38. The maximum Gasteiger partial charge on any atom is 0.338 e. The molecule has 0 spiro atoms. The summed E-state index contributed by atoms with van der Waals surface area (Å²) in [7, 11) is 0. The molecular formula is C20H22BrNO3. The van der Waals surface area contributed by atoms with Crippen molar-refractivity contribution in [3.8, 4) is 0 Å². The Bertz CT molecular complexity index is 786. The van der Waals surface area contributed by atoms with Crippen molar-refractivity contribution in [2.45, 2.75) is 39.7 Å². The molecule has 0 fully saturated rings. The van der Waals surface area contributed by atoms with Gasteiger partial charge in [-0.15, -0.1) is 0 Å². The number of hydrogen-bond donors (Lipinski definition) is 1. The molecular weight excluding hydrogens is 382 g/mol. The molecule has 0 saturated carbocycles. The minimum atomic E-state index is -0.897. The van der Waals surface area contributed by atoms with Crippen molar-refractivity contribution in [3.05, 3.63) is 63.6 Å². The summed E-state index contributed by atoms with van der Waals surface area (Å²) in [6.07, 6.45) is -0.897. The normalized spacial score (nSPS) is 11.9. The zero-order valence-electron chi connectivity index (χ0n) is 14.8. The highest BCUT2D eigenvalue weighted by atomic mass is 79.9. The first kappa shape index (κ1) is 19.2. The van der Waals surface area contributed by atoms with Crippen LogP contribution in [0.25, 0.3) is 0 Å². The first-order valence-corrected chi connectivity index (χ1v) is 8.95. The lowest BCUT2D eigenvalue weighted by molar-refractivity contribution is -0.123. The van der Waals surface area contributed by atoms with Gasteiger partial charge in [0.15, 0.2) is 6.10 Å². The molecule has 1 N–H and O–H groups in total. The van der Waals surface area contributed by atoms with Crippen molar-refractivity contribution in [1.82, 2.24) is 0 Å². The van der Waals surface area contributed by atoms with Gasteiger partial charge in [0.1, 0.15) is 0 Å². The summed E-state index contributed by atoms with van der Waals surface area (Å²) in [5, 5.41) is 2.90. The molecule has 5 heteroatoms. The smallest absolute Gasteiger partial charge is 0.338 e. The zero-order chi connectivity index (χ0) is 18.6. The second-order valence-electron chi connectivity index (χ2n) is 6.24. The van der Waals surface area contributed by atoms with E-state index in [1.807, 2.05) is 31.2 Å². The number of carbonyl (C=O) groups excluding carboxylic acids is 2. The van der Waals surface area contributed by atoms with Crippen LogP contribution in [0, 0.1) is 6.92 Å². The number of nitrogens with one attached hydrogen (secondary N) is 1. The summed E-state index contributed by atoms with van der Waals surface area (Å²) in [6.45, 7) is 7.65. The van der Waals surface area contributed by atoms with E-state index >= 15 is 0 Å². The molecule has 2 aromatic carbocycles. The largest absolute Gasteiger partial charge is 0.449 e. The minimum absolute atomic E-state index is 0.273. The monoisotopic (exact) mass is 403 g/mol. The van der Waals surface area contributed by atoms with Gasteiger partial charge in [0.25, 0.3) is 5.91 Å². The highest BCUT2D eigenvalue weighted by Gasteiger charge is 2.21. The van der Waals surface area contributed by atoms with Gasteiger partial charge in [0.2, 0.25) is 0 Å². The summed E-state index contributed by atoms with van der Waals surface area (Å²) in [4.78, 5) is 24.7. The molecule has 1 atom stereocenters. The molecule has 2 rings (SSSR count). The van der Waals surface area contributed by atoms with Crippen LogP contribution in [0.15, 0.2) is 46.9 Å². The number of rotatable bonds is 5. The predicted molar refractivity (Wildman–Crippen MR) is 103 cm³/mol. The van der Waals surface area contributed by atoms with Crippen LogP contribution in [0.5, 0.6) is 0 Å². The first-order valence-electron chi connectivity index (χ1n) is 8.16. The fourth-order valence-corrected chi connectivity index (χ4v) is 2.86. The Morgan fingerprint density at radius 3 is 2.40 bits per heavy atom. The molecule has 25 heavy (non-hydrogen) atoms. The van der Waals surface area contributed by atoms with E-state index in [1.165, 1.54) is 0 Å². The summed E-state index contributed by atoms with van der Waals surface area (Å²) in [5.74, 6) is -0.605. The molecule has 0 aliphatic carbocycles. The zero-order valence-corrected chi connectivity index (χ0v) is 16.4. The lowest BCUT2D eigenvalue weighted by Crippen LogP contribution is -2.30. The Morgan fingerprint density at radius 2 is 1.76 bits per heavy atom. The van der Waals surface area contributed by atoms with E-state index in [4.69, 9.17) is 4.74 Å². The number of anilines is 1. The number of amides is 1. The third kappa shape index (κ3) is 4.92. The van der Waals surface area contributed by atoms with Gasteiger partial charge >= 0.3 is 5.97 Å². The number of aryl methyl sites for hydroxylation is 1. The number of carbonyl (C=O) groups is 2. The lowest BCUT2D eigenvalue weighted by atomic mass is 9.98. The highest BCUT2D eigenvalue weighted by molar-refractivity contribution is 9.10. The Balaban J connectivity index is 2.10. The molecule has 0 bridgehead atoms. The average molecular weight is 404 g/mol. The third-order valence-electron chi connectivity index (χ3n) is 3.89. The number of hydrogen-bond acceptors (Lipinski definition) is 3. The fraction of sp³-hybridized carbons (Fsp3) is 0.300. The molecule has 0 radical (unpaired) electrons. The Kier molecular flexibility index (Phi) is 6.37. The van der Waals surface area contributed by atoms with E-state index < -0.39 is 12.1 Å². The molecule has 132 valence electrons. The first-order chi connectivity index (χ1) is 11.8. The van der Waals surface area contributed by atoms with Gasteiger partial charge < -0.3 is 10.1 Å². The van der Waals surface area contributed by atoms with Gasteiger partial charge in [0, 0.05) is 10.2 Å². The number of ether oxygens (including phenoxy) is 1. The van der Waals surface area contributed by atoms with Crippen molar-refractivity contribution >= 4 is 33.5 Å². The Morgan fingerprint density at radius 1 is 1.08 bits per heavy atom. The van der Waals surface area contributed by atoms with Crippen molar-refractivity contribution in [2.75, 3.05) is 5.32 Å². The second kappa shape index (κ2) is 8.30. The molecule has 4 nitrogen and oxygen atoms in total. The van der Waals surface area contributed by atoms with Crippen molar-refractivity contribution in [1.29, 1.82) is 0 Å². The van der Waals surface area contributed by atoms with Gasteiger partial charge in [-0.3, -0.25) is 4.79 Å². The molecule has 0 aliphatic rings. The van der Waals surface area contributed by atoms with Crippen molar-refractivity contribution in [3.63, 3.8) is 0 Å². The molecule has 0 saturated heterocycles. The maximum atomic E-state index is 12.5. The maximum absolute atomic E-state index is 12.5. The van der Waals surface area contributed by atoms with Gasteiger partial charge in [-0.25, -0.2) is 4.79 Å². The quantitative estimate of drug-likeness (QED) is 0.709. The minimum Gasteiger partial charge on any atom is -0.449 e. The molecule has 0 unspecified atom stereocenters. The van der Waals surface area contributed by atoms with Crippen LogP contribution in [0.3, 0.4) is 0 Å². The SMILES string of the molecule is Cc1cccc(C(C)C)c1NC(=O)[C@H](C)OC(=O)c1cccc(Br)c1. The molecule has 0 aliphatic heterocycles. The Labute approximate surface area is 156 Å². The lowest BCUT2D eigenvalue weighted by Gasteiger charge is -2.19. The number of para-hydroxylation sites is 1. The van der Waals surface area contributed by atoms with Crippen LogP contribution in [-0.4, -0.2) is 18.0 Å². The topological polar surface area (TPSA) is 55.4 Å². The van der Waals surface area contributed by atoms with Crippen LogP contribution in [-0.2, 0) is 9.53 Å². The Hall–Kier alpha value is -2.14. The van der Waals surface area contributed by atoms with Crippen LogP contribution < -0.4 is 5.32 Å². The highest BCUT2D eigenvalue weighted by Crippen LogP contribution is 2.27. The molecule has 1 amide bonds.